The second kappa shape index (κ2) is 7.44. The van der Waals surface area contributed by atoms with Crippen LogP contribution in [0.4, 0.5) is 5.69 Å². The summed E-state index contributed by atoms with van der Waals surface area (Å²) >= 11 is 0. The summed E-state index contributed by atoms with van der Waals surface area (Å²) in [5.74, 6) is 0. The zero-order valence-corrected chi connectivity index (χ0v) is 13.3. The predicted octanol–water partition coefficient (Wildman–Crippen LogP) is 4.78. The van der Waals surface area contributed by atoms with Gasteiger partial charge in [-0.2, -0.15) is 0 Å². The van der Waals surface area contributed by atoms with Crippen LogP contribution in [-0.2, 0) is 6.42 Å². The summed E-state index contributed by atoms with van der Waals surface area (Å²) in [7, 11) is 0. The number of nitrogens with zero attached hydrogens (tertiary/aromatic N) is 1. The van der Waals surface area contributed by atoms with Crippen molar-refractivity contribution in [2.45, 2.75) is 26.2 Å². The fourth-order valence-corrected chi connectivity index (χ4v) is 1.82. The third-order valence-electron chi connectivity index (χ3n) is 2.92. The van der Waals surface area contributed by atoms with E-state index < -0.39 is 0 Å². The molecule has 0 radical (unpaired) electrons. The summed E-state index contributed by atoms with van der Waals surface area (Å²) < 4.78 is 0. The van der Waals surface area contributed by atoms with E-state index in [9.17, 15) is 0 Å². The largest absolute Gasteiger partial charge is 0.256 e. The molecular formula is C17H19NNo. The van der Waals surface area contributed by atoms with E-state index in [1.165, 1.54) is 24.8 Å². The van der Waals surface area contributed by atoms with Crippen LogP contribution in [0.25, 0.3) is 0 Å². The number of hydrogen-bond acceptors (Lipinski definition) is 1. The van der Waals surface area contributed by atoms with Gasteiger partial charge in [-0.1, -0.05) is 55.8 Å². The van der Waals surface area contributed by atoms with E-state index in [4.69, 9.17) is 0 Å². The molecular weight excluding hydrogens is 477 g/mol. The molecule has 2 rings (SSSR count). The van der Waals surface area contributed by atoms with Gasteiger partial charge in [0.2, 0.25) is 0 Å². The topological polar surface area (TPSA) is 12.4 Å². The quantitative estimate of drug-likeness (QED) is 0.529. The Morgan fingerprint density at radius 1 is 0.947 bits per heavy atom. The minimum atomic E-state index is 0. The van der Waals surface area contributed by atoms with Crippen molar-refractivity contribution in [2.75, 3.05) is 0 Å². The van der Waals surface area contributed by atoms with Crippen molar-refractivity contribution < 1.29 is 0 Å². The van der Waals surface area contributed by atoms with Crippen molar-refractivity contribution in [3.63, 3.8) is 0 Å². The average molecular weight is 496 g/mol. The van der Waals surface area contributed by atoms with E-state index in [1.54, 1.807) is 0 Å². The molecule has 0 heterocycles. The number of benzene rings is 2. The second-order valence-electron chi connectivity index (χ2n) is 4.44. The maximum Gasteiger partial charge on any atom is 0.0630 e. The first kappa shape index (κ1) is 14.2. The molecule has 0 fully saturated rings. The zero-order chi connectivity index (χ0) is 12.6. The van der Waals surface area contributed by atoms with Crippen LogP contribution in [0.5, 0.6) is 0 Å². The third-order valence-corrected chi connectivity index (χ3v) is 2.92. The first-order valence-electron chi connectivity index (χ1n) is 6.56. The number of hydrogen-bond donors (Lipinski definition) is 0. The number of aryl methyl sites for hydroxylation is 1. The first-order chi connectivity index (χ1) is 8.88. The summed E-state index contributed by atoms with van der Waals surface area (Å²) in [5, 5.41) is 0. The van der Waals surface area contributed by atoms with Crippen LogP contribution in [0.2, 0.25) is 0 Å². The Morgan fingerprint density at radius 3 is 2.26 bits per heavy atom. The molecule has 0 aromatic heterocycles. The van der Waals surface area contributed by atoms with Gasteiger partial charge in [0.1, 0.15) is 0 Å². The zero-order valence-electron chi connectivity index (χ0n) is 11.1. The minimum Gasteiger partial charge on any atom is -0.256 e. The molecule has 0 amide bonds. The van der Waals surface area contributed by atoms with E-state index in [0.29, 0.717) is 0 Å². The molecule has 0 spiro atoms. The molecule has 0 bridgehead atoms. The number of aliphatic imine (C=N–C) groups is 1. The van der Waals surface area contributed by atoms with Crippen LogP contribution in [0.15, 0.2) is 59.6 Å². The van der Waals surface area contributed by atoms with Gasteiger partial charge in [0, 0.05) is 6.21 Å². The molecule has 0 N–H and O–H groups in total. The van der Waals surface area contributed by atoms with E-state index in [1.807, 2.05) is 24.4 Å². The minimum absolute atomic E-state index is 0. The van der Waals surface area contributed by atoms with E-state index in [-0.39, 0.29) is 0 Å². The molecule has 0 unspecified atom stereocenters. The van der Waals surface area contributed by atoms with Gasteiger partial charge in [-0.25, -0.2) is 0 Å². The van der Waals surface area contributed by atoms with Gasteiger partial charge in [-0.05, 0) is 36.1 Å². The maximum atomic E-state index is 4.47. The molecule has 0 aliphatic rings. The average Bonchev–Trinajstić information content (AvgIpc) is 2.45. The van der Waals surface area contributed by atoms with Crippen LogP contribution in [0.1, 0.15) is 30.9 Å². The van der Waals surface area contributed by atoms with Crippen LogP contribution >= 0.6 is 0 Å². The van der Waals surface area contributed by atoms with Crippen molar-refractivity contribution in [1.82, 2.24) is 0 Å². The van der Waals surface area contributed by atoms with Gasteiger partial charge >= 0.3 is 0 Å². The van der Waals surface area contributed by atoms with E-state index in [2.05, 4.69) is 48.3 Å². The van der Waals surface area contributed by atoms with Gasteiger partial charge in [0.15, 0.2) is 0 Å². The molecule has 0 saturated heterocycles. The summed E-state index contributed by atoms with van der Waals surface area (Å²) in [6, 6.07) is 18.7. The fourth-order valence-electron chi connectivity index (χ4n) is 1.82. The second-order valence-corrected chi connectivity index (χ2v) is 4.44. The molecule has 19 heavy (non-hydrogen) atoms. The SMILES string of the molecule is CCCCc1ccc(N=Cc2ccccc2)cc1.[No]. The summed E-state index contributed by atoms with van der Waals surface area (Å²) in [5.41, 5.74) is 3.54. The smallest absolute Gasteiger partial charge is 0.0630 e. The van der Waals surface area contributed by atoms with Gasteiger partial charge < -0.3 is 0 Å². The summed E-state index contributed by atoms with van der Waals surface area (Å²) in [6.45, 7) is 2.22. The standard InChI is InChI=1S/C17H19N.No/c1-2-3-7-15-10-12-17(13-11-15)18-14-16-8-5-4-6-9-16;/h4-6,8-14H,2-3,7H2,1H3;. The monoisotopic (exact) mass is 496 g/mol. The number of unbranched alkanes of at least 4 members (excludes halogenated alkanes) is 1. The molecule has 0 atom stereocenters. The summed E-state index contributed by atoms with van der Waals surface area (Å²) in [6.07, 6.45) is 5.57. The van der Waals surface area contributed by atoms with Crippen molar-refractivity contribution in [3.05, 3.63) is 65.7 Å². The normalized spacial score (nSPS) is 10.4. The Balaban J connectivity index is 0.00000180. The fraction of sp³-hybridized carbons (Fsp3) is 0.235. The van der Waals surface area contributed by atoms with Gasteiger partial charge in [0.25, 0.3) is 0 Å². The molecule has 1 nitrogen and oxygen atoms in total. The Kier molecular flexibility index (Phi) is 5.55. The van der Waals surface area contributed by atoms with Crippen LogP contribution in [0.3, 0.4) is 0 Å². The molecule has 106 valence electrons. The third kappa shape index (κ3) is 4.47. The Morgan fingerprint density at radius 2 is 1.63 bits per heavy atom. The van der Waals surface area contributed by atoms with Gasteiger partial charge in [-0.3, -0.25) is 4.99 Å². The Hall–Kier alpha value is -2.89. The van der Waals surface area contributed by atoms with Crippen LogP contribution < -0.4 is 0 Å². The Bertz CT molecular complexity index is 488. The predicted molar refractivity (Wildman–Crippen MR) is 78.8 cm³/mol. The van der Waals surface area contributed by atoms with E-state index in [0.717, 1.165) is 11.3 Å². The summed E-state index contributed by atoms with van der Waals surface area (Å²) in [4.78, 5) is 4.47. The molecule has 2 aromatic rings. The van der Waals surface area contributed by atoms with Gasteiger partial charge in [0.05, 0.1) is 5.69 Å². The molecule has 0 aliphatic heterocycles. The van der Waals surface area contributed by atoms with Crippen molar-refractivity contribution in [3.8, 4) is 0 Å². The maximum absolute atomic E-state index is 4.47. The van der Waals surface area contributed by atoms with Crippen molar-refractivity contribution in [1.29, 1.82) is 0 Å². The van der Waals surface area contributed by atoms with Crippen LogP contribution in [-0.4, -0.2) is 6.21 Å². The Labute approximate surface area is 109 Å². The molecule has 2 aromatic carbocycles. The van der Waals surface area contributed by atoms with E-state index >= 15 is 0 Å². The molecule has 0 saturated carbocycles. The van der Waals surface area contributed by atoms with Crippen molar-refractivity contribution in [2.24, 2.45) is 4.99 Å². The van der Waals surface area contributed by atoms with Crippen molar-refractivity contribution >= 4 is 11.9 Å². The van der Waals surface area contributed by atoms with Crippen LogP contribution in [0, 0.1) is 0 Å². The number of rotatable bonds is 5. The first-order valence-corrected chi connectivity index (χ1v) is 6.56. The molecule has 0 aliphatic carbocycles. The van der Waals surface area contributed by atoms with Gasteiger partial charge in [-0.15, -0.1) is 0 Å². The molecule has 2 heteroatoms.